The Morgan fingerprint density at radius 3 is 2.51 bits per heavy atom. The van der Waals surface area contributed by atoms with Crippen LogP contribution < -0.4 is 10.8 Å². The molecule has 0 bridgehead atoms. The van der Waals surface area contributed by atoms with Crippen LogP contribution in [-0.2, 0) is 20.9 Å². The first-order valence-electron chi connectivity index (χ1n) is 13.7. The van der Waals surface area contributed by atoms with Gasteiger partial charge in [-0.2, -0.15) is 0 Å². The quantitative estimate of drug-likeness (QED) is 0.218. The smallest absolute Gasteiger partial charge is 0.247 e. The lowest BCUT2D eigenvalue weighted by atomic mass is 9.81. The third-order valence-corrected chi connectivity index (χ3v) is 7.78. The van der Waals surface area contributed by atoms with Crippen LogP contribution in [-0.4, -0.2) is 40.4 Å². The maximum absolute atomic E-state index is 13.6. The van der Waals surface area contributed by atoms with Crippen molar-refractivity contribution in [2.75, 3.05) is 6.54 Å². The fraction of sp³-hybridized carbons (Fsp3) is 0.500. The van der Waals surface area contributed by atoms with Crippen molar-refractivity contribution in [2.24, 2.45) is 17.8 Å². The molecule has 3 atom stereocenters. The molecule has 1 heterocycles. The van der Waals surface area contributed by atoms with E-state index in [-0.39, 0.29) is 17.7 Å². The Bertz CT molecular complexity index is 1160. The second-order valence-electron chi connectivity index (χ2n) is 10.7. The van der Waals surface area contributed by atoms with Crippen molar-refractivity contribution in [3.8, 4) is 11.1 Å². The van der Waals surface area contributed by atoms with Crippen molar-refractivity contribution in [3.05, 3.63) is 58.1 Å². The molecule has 1 saturated heterocycles. The molecule has 1 aliphatic rings. The maximum Gasteiger partial charge on any atom is 0.247 e. The van der Waals surface area contributed by atoms with Crippen LogP contribution in [0.25, 0.3) is 11.1 Å². The molecule has 9 heteroatoms. The molecule has 2 aromatic rings. The van der Waals surface area contributed by atoms with Crippen molar-refractivity contribution >= 4 is 40.9 Å². The van der Waals surface area contributed by atoms with E-state index in [0.29, 0.717) is 48.8 Å². The first-order valence-corrected chi connectivity index (χ1v) is 14.5. The van der Waals surface area contributed by atoms with Crippen LogP contribution in [0.5, 0.6) is 0 Å². The molecule has 212 valence electrons. The fourth-order valence-corrected chi connectivity index (χ4v) is 5.84. The number of benzene rings is 2. The molecule has 3 amide bonds. The Morgan fingerprint density at radius 1 is 1.08 bits per heavy atom. The highest BCUT2D eigenvalue weighted by atomic mass is 35.5. The number of hydrogen-bond acceptors (Lipinski definition) is 4. The Morgan fingerprint density at radius 2 is 1.85 bits per heavy atom. The van der Waals surface area contributed by atoms with E-state index in [1.165, 1.54) is 0 Å². The van der Waals surface area contributed by atoms with E-state index in [1.54, 1.807) is 22.5 Å². The van der Waals surface area contributed by atoms with Gasteiger partial charge >= 0.3 is 0 Å². The summed E-state index contributed by atoms with van der Waals surface area (Å²) < 4.78 is 0. The monoisotopic (exact) mass is 575 g/mol. The highest BCUT2D eigenvalue weighted by Crippen LogP contribution is 2.31. The number of rotatable bonds is 11. The van der Waals surface area contributed by atoms with E-state index in [2.05, 4.69) is 5.32 Å². The topological polar surface area (TPSA) is 98.7 Å². The minimum Gasteiger partial charge on any atom is -0.344 e. The predicted molar refractivity (Wildman–Crippen MR) is 154 cm³/mol. The predicted octanol–water partition coefficient (Wildman–Crippen LogP) is 6.24. The fourth-order valence-electron chi connectivity index (χ4n) is 5.33. The van der Waals surface area contributed by atoms with Gasteiger partial charge in [0.15, 0.2) is 0 Å². The molecule has 1 fully saturated rings. The maximum atomic E-state index is 13.6. The lowest BCUT2D eigenvalue weighted by Crippen LogP contribution is -2.51. The van der Waals surface area contributed by atoms with Gasteiger partial charge in [0.1, 0.15) is 6.04 Å². The Balaban J connectivity index is 1.77. The molecule has 7 nitrogen and oxygen atoms in total. The normalized spacial score (nSPS) is 17.5. The highest BCUT2D eigenvalue weighted by molar-refractivity contribution is 6.36. The number of nitrogens with zero attached hydrogens (tertiary/aromatic N) is 1. The first-order chi connectivity index (χ1) is 18.6. The zero-order valence-electron chi connectivity index (χ0n) is 22.9. The molecule has 0 aromatic heterocycles. The number of hydroxylamine groups is 1. The molecule has 0 saturated carbocycles. The van der Waals surface area contributed by atoms with Gasteiger partial charge in [0, 0.05) is 34.6 Å². The van der Waals surface area contributed by atoms with Gasteiger partial charge in [0.05, 0.1) is 5.92 Å². The second kappa shape index (κ2) is 14.7. The third kappa shape index (κ3) is 8.44. The van der Waals surface area contributed by atoms with Gasteiger partial charge in [0.2, 0.25) is 17.7 Å². The van der Waals surface area contributed by atoms with Crippen LogP contribution in [0.4, 0.5) is 0 Å². The molecule has 39 heavy (non-hydrogen) atoms. The van der Waals surface area contributed by atoms with Gasteiger partial charge in [-0.25, -0.2) is 5.48 Å². The summed E-state index contributed by atoms with van der Waals surface area (Å²) in [6, 6.07) is 12.6. The zero-order chi connectivity index (χ0) is 28.5. The van der Waals surface area contributed by atoms with E-state index >= 15 is 0 Å². The number of halogens is 2. The highest BCUT2D eigenvalue weighted by Gasteiger charge is 2.36. The largest absolute Gasteiger partial charge is 0.344 e. The SMILES string of the molecule is CCC[C@H](C(=O)NO)[C@@H](CC(C)C)C(=O)N[C@H]1CCCCN(Cc2cccc(-c3ccc(Cl)cc3Cl)c2)C1=O. The standard InChI is InChI=1S/C30H39Cl2N3O4/c1-4-8-24(29(37)34-39)25(15-19(2)3)28(36)33-27-11-5-6-14-35(30(27)38)18-20-9-7-10-21(16-20)23-13-12-22(31)17-26(23)32/h7,9-10,12-13,16-17,19,24-25,27,39H,4-6,8,11,14-15,18H2,1-3H3,(H,33,36)(H,34,37)/t24-,25+,27-/m0/s1. The van der Waals surface area contributed by atoms with Crippen LogP contribution in [0, 0.1) is 17.8 Å². The van der Waals surface area contributed by atoms with Crippen LogP contribution in [0.3, 0.4) is 0 Å². The van der Waals surface area contributed by atoms with E-state index in [9.17, 15) is 19.6 Å². The van der Waals surface area contributed by atoms with Gasteiger partial charge in [-0.15, -0.1) is 0 Å². The molecule has 0 unspecified atom stereocenters. The zero-order valence-corrected chi connectivity index (χ0v) is 24.4. The molecule has 1 aliphatic heterocycles. The third-order valence-electron chi connectivity index (χ3n) is 7.23. The van der Waals surface area contributed by atoms with Crippen LogP contribution in [0.15, 0.2) is 42.5 Å². The Hall–Kier alpha value is -2.61. The number of nitrogens with one attached hydrogen (secondary N) is 2. The van der Waals surface area contributed by atoms with Gasteiger partial charge in [-0.3, -0.25) is 19.6 Å². The first kappa shape index (κ1) is 30.9. The van der Waals surface area contributed by atoms with Crippen molar-refractivity contribution in [1.82, 2.24) is 15.7 Å². The number of likely N-dealkylation sites (tertiary alicyclic amines) is 1. The van der Waals surface area contributed by atoms with E-state index in [0.717, 1.165) is 29.5 Å². The Labute approximate surface area is 241 Å². The lowest BCUT2D eigenvalue weighted by Gasteiger charge is -2.29. The molecule has 2 aromatic carbocycles. The minimum absolute atomic E-state index is 0.127. The molecule has 3 N–H and O–H groups in total. The summed E-state index contributed by atoms with van der Waals surface area (Å²) in [5.41, 5.74) is 4.48. The lowest BCUT2D eigenvalue weighted by molar-refractivity contribution is -0.143. The van der Waals surface area contributed by atoms with Gasteiger partial charge in [0.25, 0.3) is 0 Å². The summed E-state index contributed by atoms with van der Waals surface area (Å²) in [7, 11) is 0. The summed E-state index contributed by atoms with van der Waals surface area (Å²) in [6.07, 6.45) is 3.82. The van der Waals surface area contributed by atoms with E-state index in [4.69, 9.17) is 23.2 Å². The minimum atomic E-state index is -0.665. The van der Waals surface area contributed by atoms with Gasteiger partial charge in [-0.1, -0.05) is 74.7 Å². The summed E-state index contributed by atoms with van der Waals surface area (Å²) in [6.45, 7) is 6.92. The van der Waals surface area contributed by atoms with Crippen molar-refractivity contribution in [2.45, 2.75) is 71.9 Å². The van der Waals surface area contributed by atoms with Crippen LogP contribution in [0.2, 0.25) is 10.0 Å². The molecule has 0 aliphatic carbocycles. The molecule has 0 spiro atoms. The summed E-state index contributed by atoms with van der Waals surface area (Å²) in [4.78, 5) is 41.3. The summed E-state index contributed by atoms with van der Waals surface area (Å²) in [5, 5.41) is 13.4. The Kier molecular flexibility index (Phi) is 11.6. The van der Waals surface area contributed by atoms with Gasteiger partial charge in [-0.05, 0) is 67.3 Å². The number of carbonyl (C=O) groups excluding carboxylic acids is 3. The number of amides is 3. The molecule has 0 radical (unpaired) electrons. The van der Waals surface area contributed by atoms with E-state index in [1.807, 2.05) is 51.1 Å². The average molecular weight is 577 g/mol. The molecular formula is C30H39Cl2N3O4. The van der Waals surface area contributed by atoms with Crippen molar-refractivity contribution in [1.29, 1.82) is 0 Å². The molecule has 3 rings (SSSR count). The summed E-state index contributed by atoms with van der Waals surface area (Å²) in [5.74, 6) is -2.14. The molecular weight excluding hydrogens is 537 g/mol. The number of hydrogen-bond donors (Lipinski definition) is 3. The number of carbonyl (C=O) groups is 3. The summed E-state index contributed by atoms with van der Waals surface area (Å²) >= 11 is 12.5. The van der Waals surface area contributed by atoms with Gasteiger partial charge < -0.3 is 10.2 Å². The average Bonchev–Trinajstić information content (AvgIpc) is 3.06. The van der Waals surface area contributed by atoms with Crippen LogP contribution >= 0.6 is 23.2 Å². The van der Waals surface area contributed by atoms with E-state index < -0.39 is 23.8 Å². The van der Waals surface area contributed by atoms with Crippen molar-refractivity contribution < 1.29 is 19.6 Å². The second-order valence-corrected chi connectivity index (χ2v) is 11.6. The van der Waals surface area contributed by atoms with Crippen molar-refractivity contribution in [3.63, 3.8) is 0 Å². The van der Waals surface area contributed by atoms with Crippen LogP contribution in [0.1, 0.15) is 64.9 Å².